The second kappa shape index (κ2) is 12.8. The van der Waals surface area contributed by atoms with Crippen molar-refractivity contribution in [3.8, 4) is 11.8 Å². The zero-order valence-corrected chi connectivity index (χ0v) is 21.5. The van der Waals surface area contributed by atoms with Crippen LogP contribution in [0.2, 0.25) is 0 Å². The molecule has 0 saturated carbocycles. The summed E-state index contributed by atoms with van der Waals surface area (Å²) < 4.78 is 42.8. The summed E-state index contributed by atoms with van der Waals surface area (Å²) in [4.78, 5) is 33.9. The Kier molecular flexibility index (Phi) is 9.53. The number of benzene rings is 2. The zero-order valence-electron chi connectivity index (χ0n) is 21.5. The minimum absolute atomic E-state index is 0.0294. The third kappa shape index (κ3) is 10.2. The van der Waals surface area contributed by atoms with Gasteiger partial charge >= 0.3 is 24.1 Å². The SMILES string of the molecule is CC(C)(CNC(=O)C(=O)O)CNc1ccc(Nc2nc(NCc3ccc(O)cc3)nc(OCC(F)(F)F)n2)cc1. The van der Waals surface area contributed by atoms with Gasteiger partial charge in [-0.1, -0.05) is 26.0 Å². The summed E-state index contributed by atoms with van der Waals surface area (Å²) >= 11 is 0. The third-order valence-corrected chi connectivity index (χ3v) is 5.20. The number of aromatic nitrogens is 3. The van der Waals surface area contributed by atoms with E-state index in [-0.39, 0.29) is 30.7 Å². The quantitative estimate of drug-likeness (QED) is 0.178. The molecule has 2 aromatic carbocycles. The van der Waals surface area contributed by atoms with Gasteiger partial charge in [-0.15, -0.1) is 0 Å². The number of ether oxygens (including phenoxy) is 1. The molecule has 0 radical (unpaired) electrons. The van der Waals surface area contributed by atoms with Crippen molar-refractivity contribution in [1.29, 1.82) is 0 Å². The summed E-state index contributed by atoms with van der Waals surface area (Å²) in [6, 6.07) is 12.6. The van der Waals surface area contributed by atoms with E-state index >= 15 is 0 Å². The van der Waals surface area contributed by atoms with Crippen LogP contribution in [0.15, 0.2) is 48.5 Å². The third-order valence-electron chi connectivity index (χ3n) is 5.20. The number of aliphatic carboxylic acids is 1. The molecule has 0 saturated heterocycles. The normalized spacial score (nSPS) is 11.4. The molecule has 0 unspecified atom stereocenters. The highest BCUT2D eigenvalue weighted by atomic mass is 19.4. The molecule has 214 valence electrons. The molecule has 0 aliphatic heterocycles. The number of phenolic OH excluding ortho intramolecular Hbond substituents is 1. The van der Waals surface area contributed by atoms with Crippen LogP contribution in [0.5, 0.6) is 11.8 Å². The first kappa shape index (κ1) is 29.7. The van der Waals surface area contributed by atoms with E-state index < -0.39 is 36.1 Å². The van der Waals surface area contributed by atoms with E-state index in [0.29, 0.717) is 12.2 Å². The van der Waals surface area contributed by atoms with Gasteiger partial charge in [-0.3, -0.25) is 4.79 Å². The van der Waals surface area contributed by atoms with Crippen molar-refractivity contribution >= 4 is 35.1 Å². The van der Waals surface area contributed by atoms with Gasteiger partial charge in [0.25, 0.3) is 0 Å². The van der Waals surface area contributed by atoms with E-state index in [1.807, 2.05) is 13.8 Å². The highest BCUT2D eigenvalue weighted by Gasteiger charge is 2.29. The van der Waals surface area contributed by atoms with Crippen LogP contribution in [0.25, 0.3) is 0 Å². The number of halogens is 3. The molecule has 0 atom stereocenters. The lowest BCUT2D eigenvalue weighted by Crippen LogP contribution is -2.40. The van der Waals surface area contributed by atoms with Crippen LogP contribution in [0.3, 0.4) is 0 Å². The smallest absolute Gasteiger partial charge is 0.422 e. The molecule has 1 aromatic heterocycles. The van der Waals surface area contributed by atoms with Gasteiger partial charge in [0.2, 0.25) is 11.9 Å². The Balaban J connectivity index is 1.65. The van der Waals surface area contributed by atoms with Crippen LogP contribution in [-0.4, -0.2) is 62.9 Å². The van der Waals surface area contributed by atoms with Gasteiger partial charge in [-0.25, -0.2) is 4.79 Å². The molecule has 6 N–H and O–H groups in total. The van der Waals surface area contributed by atoms with Crippen LogP contribution >= 0.6 is 0 Å². The summed E-state index contributed by atoms with van der Waals surface area (Å²) in [5, 5.41) is 29.4. The van der Waals surface area contributed by atoms with E-state index in [1.165, 1.54) is 12.1 Å². The van der Waals surface area contributed by atoms with E-state index in [4.69, 9.17) is 9.84 Å². The summed E-state index contributed by atoms with van der Waals surface area (Å²) in [7, 11) is 0. The number of amides is 1. The van der Waals surface area contributed by atoms with E-state index in [1.54, 1.807) is 36.4 Å². The Bertz CT molecular complexity index is 1300. The first-order valence-electron chi connectivity index (χ1n) is 11.9. The van der Waals surface area contributed by atoms with Gasteiger partial charge < -0.3 is 36.2 Å². The summed E-state index contributed by atoms with van der Waals surface area (Å²) in [5.41, 5.74) is 1.56. The maximum Gasteiger partial charge on any atom is 0.422 e. The number of carbonyl (C=O) groups excluding carboxylic acids is 1. The molecule has 0 fully saturated rings. The zero-order chi connectivity index (χ0) is 29.3. The van der Waals surface area contributed by atoms with Crippen LogP contribution in [-0.2, 0) is 16.1 Å². The Hall–Kier alpha value is -4.82. The average Bonchev–Trinajstić information content (AvgIpc) is 2.89. The molecule has 12 nitrogen and oxygen atoms in total. The van der Waals surface area contributed by atoms with Crippen molar-refractivity contribution in [1.82, 2.24) is 20.3 Å². The number of rotatable bonds is 12. The Labute approximate surface area is 227 Å². The highest BCUT2D eigenvalue weighted by Crippen LogP contribution is 2.22. The highest BCUT2D eigenvalue weighted by molar-refractivity contribution is 6.31. The minimum Gasteiger partial charge on any atom is -0.508 e. The lowest BCUT2D eigenvalue weighted by Gasteiger charge is -2.25. The van der Waals surface area contributed by atoms with Gasteiger partial charge in [-0.2, -0.15) is 28.1 Å². The molecule has 0 aliphatic carbocycles. The van der Waals surface area contributed by atoms with Crippen LogP contribution < -0.4 is 26.0 Å². The molecule has 0 bridgehead atoms. The number of nitrogens with zero attached hydrogens (tertiary/aromatic N) is 3. The molecule has 0 spiro atoms. The standard InChI is InChI=1S/C25H28F3N7O5/c1-24(2,13-31-19(37)20(38)39)12-30-16-5-7-17(8-6-16)32-22-33-21(29-11-15-3-9-18(36)10-4-15)34-23(35-22)40-14-25(26,27)28/h3-10,30,36H,11-14H2,1-2H3,(H,31,37)(H,38,39)(H2,29,32,33,34,35). The fourth-order valence-electron chi connectivity index (χ4n) is 3.10. The van der Waals surface area contributed by atoms with Crippen molar-refractivity contribution in [2.75, 3.05) is 35.6 Å². The molecule has 15 heteroatoms. The maximum atomic E-state index is 12.7. The first-order valence-corrected chi connectivity index (χ1v) is 11.9. The number of aromatic hydroxyl groups is 1. The molecule has 0 aliphatic rings. The Morgan fingerprint density at radius 1 is 0.875 bits per heavy atom. The number of anilines is 4. The predicted octanol–water partition coefficient (Wildman–Crippen LogP) is 3.51. The van der Waals surface area contributed by atoms with Gasteiger partial charge in [0, 0.05) is 31.0 Å². The van der Waals surface area contributed by atoms with Crippen molar-refractivity contribution in [2.45, 2.75) is 26.6 Å². The number of alkyl halides is 3. The fourth-order valence-corrected chi connectivity index (χ4v) is 3.10. The molecule has 3 rings (SSSR count). The van der Waals surface area contributed by atoms with Crippen LogP contribution in [0.1, 0.15) is 19.4 Å². The van der Waals surface area contributed by atoms with Gasteiger partial charge in [-0.05, 0) is 47.4 Å². The maximum absolute atomic E-state index is 12.7. The largest absolute Gasteiger partial charge is 0.508 e. The van der Waals surface area contributed by atoms with Crippen molar-refractivity contribution in [3.63, 3.8) is 0 Å². The summed E-state index contributed by atoms with van der Waals surface area (Å²) in [5.74, 6) is -2.63. The number of hydrogen-bond acceptors (Lipinski definition) is 10. The molecular weight excluding hydrogens is 535 g/mol. The van der Waals surface area contributed by atoms with Crippen molar-refractivity contribution in [3.05, 3.63) is 54.1 Å². The second-order valence-electron chi connectivity index (χ2n) is 9.40. The monoisotopic (exact) mass is 563 g/mol. The van der Waals surface area contributed by atoms with Gasteiger partial charge in [0.1, 0.15) is 5.75 Å². The van der Waals surface area contributed by atoms with E-state index in [0.717, 1.165) is 11.3 Å². The number of hydrogen-bond donors (Lipinski definition) is 6. The molecule has 40 heavy (non-hydrogen) atoms. The van der Waals surface area contributed by atoms with Crippen LogP contribution in [0, 0.1) is 5.41 Å². The summed E-state index contributed by atoms with van der Waals surface area (Å²) in [6.45, 7) is 2.91. The predicted molar refractivity (Wildman–Crippen MR) is 139 cm³/mol. The minimum atomic E-state index is -4.58. The fraction of sp³-hybridized carbons (Fsp3) is 0.320. The number of carboxylic acids is 1. The number of carbonyl (C=O) groups is 2. The van der Waals surface area contributed by atoms with Gasteiger partial charge in [0.15, 0.2) is 6.61 Å². The Morgan fingerprint density at radius 3 is 2.12 bits per heavy atom. The van der Waals surface area contributed by atoms with Crippen LogP contribution in [0.4, 0.5) is 36.4 Å². The molecule has 1 amide bonds. The first-order chi connectivity index (χ1) is 18.8. The lowest BCUT2D eigenvalue weighted by atomic mass is 9.93. The van der Waals surface area contributed by atoms with Crippen molar-refractivity contribution in [2.24, 2.45) is 5.41 Å². The molecule has 3 aromatic rings. The second-order valence-corrected chi connectivity index (χ2v) is 9.40. The number of carboxylic acid groups (broad SMARTS) is 1. The number of nitrogens with one attached hydrogen (secondary N) is 4. The van der Waals surface area contributed by atoms with Gasteiger partial charge in [0.05, 0.1) is 0 Å². The summed E-state index contributed by atoms with van der Waals surface area (Å²) in [6.07, 6.45) is -4.58. The molecular formula is C25H28F3N7O5. The van der Waals surface area contributed by atoms with E-state index in [2.05, 4.69) is 36.2 Å². The topological polar surface area (TPSA) is 171 Å². The average molecular weight is 564 g/mol. The number of phenols is 1. The van der Waals surface area contributed by atoms with Crippen molar-refractivity contribution < 1.29 is 37.7 Å². The Morgan fingerprint density at radius 2 is 1.50 bits per heavy atom. The lowest BCUT2D eigenvalue weighted by molar-refractivity contribution is -0.154. The van der Waals surface area contributed by atoms with E-state index in [9.17, 15) is 27.9 Å². The molecule has 1 heterocycles.